The molecule has 0 spiro atoms. The average Bonchev–Trinajstić information content (AvgIpc) is 2.45. The maximum atomic E-state index is 3.60. The van der Waals surface area contributed by atoms with Crippen molar-refractivity contribution in [3.05, 3.63) is 0 Å². The minimum atomic E-state index is 0. The van der Waals surface area contributed by atoms with Crippen LogP contribution in [-0.2, 0) is 0 Å². The zero-order chi connectivity index (χ0) is 14.9. The van der Waals surface area contributed by atoms with E-state index in [0.29, 0.717) is 6.04 Å². The molecule has 0 heterocycles. The first-order valence-corrected chi connectivity index (χ1v) is 8.66. The minimum Gasteiger partial charge on any atom is -0.317 e. The Morgan fingerprint density at radius 3 is 1.56 bits per heavy atom. The Hall–Kier alpha value is 1.76. The lowest BCUT2D eigenvalue weighted by molar-refractivity contribution is 0.472. The number of hydrogen-bond donors (Lipinski definition) is 4. The lowest BCUT2D eigenvalue weighted by Gasteiger charge is -2.13. The zero-order valence-corrected chi connectivity index (χ0v) is 22.5. The molecule has 0 aromatic carbocycles. The van der Waals surface area contributed by atoms with Crippen molar-refractivity contribution < 1.29 is 0 Å². The molecule has 0 fully saturated rings. The molecule has 0 aromatic heterocycles. The van der Waals surface area contributed by atoms with Gasteiger partial charge in [-0.25, -0.2) is 0 Å². The smallest absolute Gasteiger partial charge is 0.00387 e. The van der Waals surface area contributed by atoms with Crippen LogP contribution in [0.2, 0.25) is 0 Å². The first-order chi connectivity index (χ1) is 9.81. The van der Waals surface area contributed by atoms with E-state index in [2.05, 4.69) is 42.0 Å². The largest absolute Gasteiger partial charge is 0.317 e. The van der Waals surface area contributed by atoms with E-state index in [1.165, 1.54) is 38.6 Å². The van der Waals surface area contributed by atoms with Gasteiger partial charge in [-0.1, -0.05) is 27.7 Å². The molecule has 8 heteroatoms. The molecule has 4 nitrogen and oxygen atoms in total. The van der Waals surface area contributed by atoms with Crippen molar-refractivity contribution in [1.82, 2.24) is 21.3 Å². The first-order valence-electron chi connectivity index (χ1n) is 8.66. The zero-order valence-electron chi connectivity index (χ0n) is 15.7. The van der Waals surface area contributed by atoms with Crippen LogP contribution in [0.3, 0.4) is 0 Å². The molecule has 0 amide bonds. The second-order valence-corrected chi connectivity index (χ2v) is 5.52. The third-order valence-corrected chi connectivity index (χ3v) is 3.47. The standard InChI is InChI=1S/C16H38N4.CH4.4BrH/c1-4-17-12-8-14-19-11-7-6-10-16(3)20-15-9-13-18-5-2;;;;;/h16-20H,4-15H2,1-3H3;1H4;4*1H. The maximum Gasteiger partial charge on any atom is 0.00387 e. The maximum absolute atomic E-state index is 3.60. The van der Waals surface area contributed by atoms with Crippen LogP contribution in [0.15, 0.2) is 0 Å². The van der Waals surface area contributed by atoms with Crippen molar-refractivity contribution in [2.45, 2.75) is 66.3 Å². The Kier molecular flexibility index (Phi) is 60.4. The van der Waals surface area contributed by atoms with Crippen molar-refractivity contribution in [3.63, 3.8) is 0 Å². The van der Waals surface area contributed by atoms with Gasteiger partial charge in [0.25, 0.3) is 0 Å². The lowest BCUT2D eigenvalue weighted by atomic mass is 10.1. The fourth-order valence-electron chi connectivity index (χ4n) is 2.18. The van der Waals surface area contributed by atoms with Crippen LogP contribution in [0.4, 0.5) is 0 Å². The molecule has 0 saturated heterocycles. The summed E-state index contributed by atoms with van der Waals surface area (Å²) in [7, 11) is 0. The molecule has 1 unspecified atom stereocenters. The van der Waals surface area contributed by atoms with Gasteiger partial charge in [-0.2, -0.15) is 0 Å². The summed E-state index contributed by atoms with van der Waals surface area (Å²) in [5, 5.41) is 13.8. The van der Waals surface area contributed by atoms with E-state index >= 15 is 0 Å². The topological polar surface area (TPSA) is 48.1 Å². The number of hydrogen-bond acceptors (Lipinski definition) is 4. The molecule has 0 aliphatic heterocycles. The third kappa shape index (κ3) is 37.2. The molecule has 0 bridgehead atoms. The molecule has 162 valence electrons. The Bertz CT molecular complexity index is 192. The lowest BCUT2D eigenvalue weighted by Crippen LogP contribution is -2.29. The molecule has 0 saturated carbocycles. The Morgan fingerprint density at radius 1 is 0.600 bits per heavy atom. The van der Waals surface area contributed by atoms with Crippen LogP contribution in [0.5, 0.6) is 0 Å². The molecular formula is C17H46Br4N4. The average molecular weight is 626 g/mol. The predicted molar refractivity (Wildman–Crippen MR) is 139 cm³/mol. The highest BCUT2D eigenvalue weighted by molar-refractivity contribution is 8.93. The molecule has 0 aromatic rings. The van der Waals surface area contributed by atoms with Gasteiger partial charge in [0.1, 0.15) is 0 Å². The summed E-state index contributed by atoms with van der Waals surface area (Å²) < 4.78 is 0. The van der Waals surface area contributed by atoms with Gasteiger partial charge in [0.05, 0.1) is 0 Å². The van der Waals surface area contributed by atoms with Crippen molar-refractivity contribution in [1.29, 1.82) is 0 Å². The quantitative estimate of drug-likeness (QED) is 0.188. The third-order valence-electron chi connectivity index (χ3n) is 3.47. The van der Waals surface area contributed by atoms with E-state index in [9.17, 15) is 0 Å². The van der Waals surface area contributed by atoms with Gasteiger partial charge in [0.2, 0.25) is 0 Å². The molecule has 4 N–H and O–H groups in total. The van der Waals surface area contributed by atoms with Gasteiger partial charge in [-0.05, 0) is 78.4 Å². The SMILES string of the molecule is Br.Br.Br.Br.C.CCNCCCNCCCCC(C)NCCCNCC. The van der Waals surface area contributed by atoms with E-state index in [-0.39, 0.29) is 75.4 Å². The van der Waals surface area contributed by atoms with E-state index < -0.39 is 0 Å². The van der Waals surface area contributed by atoms with Gasteiger partial charge in [0, 0.05) is 6.04 Å². The van der Waals surface area contributed by atoms with Gasteiger partial charge >= 0.3 is 0 Å². The van der Waals surface area contributed by atoms with E-state index in [4.69, 9.17) is 0 Å². The highest BCUT2D eigenvalue weighted by Crippen LogP contribution is 1.99. The van der Waals surface area contributed by atoms with Crippen LogP contribution in [0.25, 0.3) is 0 Å². The number of rotatable bonds is 16. The van der Waals surface area contributed by atoms with Crippen molar-refractivity contribution in [2.24, 2.45) is 0 Å². The van der Waals surface area contributed by atoms with Gasteiger partial charge in [0.15, 0.2) is 0 Å². The molecule has 0 aliphatic rings. The first kappa shape index (κ1) is 41.2. The number of unbranched alkanes of at least 4 members (excludes halogenated alkanes) is 1. The Balaban J connectivity index is -0.000000180. The van der Waals surface area contributed by atoms with Gasteiger partial charge in [-0.3, -0.25) is 0 Å². The molecule has 0 rings (SSSR count). The summed E-state index contributed by atoms with van der Waals surface area (Å²) >= 11 is 0. The summed E-state index contributed by atoms with van der Waals surface area (Å²) in [6, 6.07) is 0.658. The predicted octanol–water partition coefficient (Wildman–Crippen LogP) is 4.67. The fourth-order valence-corrected chi connectivity index (χ4v) is 2.18. The normalized spacial score (nSPS) is 10.2. The molecule has 0 radical (unpaired) electrons. The monoisotopic (exact) mass is 622 g/mol. The van der Waals surface area contributed by atoms with Crippen LogP contribution in [0, 0.1) is 0 Å². The summed E-state index contributed by atoms with van der Waals surface area (Å²) in [5.41, 5.74) is 0. The molecule has 0 aliphatic carbocycles. The fraction of sp³-hybridized carbons (Fsp3) is 1.00. The van der Waals surface area contributed by atoms with Crippen LogP contribution in [-0.4, -0.2) is 51.9 Å². The number of halogens is 4. The molecule has 1 atom stereocenters. The van der Waals surface area contributed by atoms with E-state index in [1.54, 1.807) is 0 Å². The number of nitrogens with one attached hydrogen (secondary N) is 4. The van der Waals surface area contributed by atoms with Gasteiger partial charge in [-0.15, -0.1) is 67.9 Å². The van der Waals surface area contributed by atoms with Crippen molar-refractivity contribution in [3.8, 4) is 0 Å². The molecule has 25 heavy (non-hydrogen) atoms. The Morgan fingerprint density at radius 2 is 1.04 bits per heavy atom. The second kappa shape index (κ2) is 36.6. The summed E-state index contributed by atoms with van der Waals surface area (Å²) in [6.07, 6.45) is 6.37. The second-order valence-electron chi connectivity index (χ2n) is 5.52. The minimum absolute atomic E-state index is 0. The summed E-state index contributed by atoms with van der Waals surface area (Å²) in [5.74, 6) is 0. The van der Waals surface area contributed by atoms with Crippen molar-refractivity contribution in [2.75, 3.05) is 45.8 Å². The summed E-state index contributed by atoms with van der Waals surface area (Å²) in [4.78, 5) is 0. The van der Waals surface area contributed by atoms with Crippen molar-refractivity contribution >= 4 is 67.9 Å². The summed E-state index contributed by atoms with van der Waals surface area (Å²) in [6.45, 7) is 14.5. The van der Waals surface area contributed by atoms with Gasteiger partial charge < -0.3 is 21.3 Å². The highest BCUT2D eigenvalue weighted by atomic mass is 79.9. The van der Waals surface area contributed by atoms with Crippen LogP contribution in [0.1, 0.15) is 60.3 Å². The van der Waals surface area contributed by atoms with E-state index in [0.717, 1.165) is 39.3 Å². The van der Waals surface area contributed by atoms with Crippen LogP contribution >= 0.6 is 67.9 Å². The van der Waals surface area contributed by atoms with Crippen LogP contribution < -0.4 is 21.3 Å². The highest BCUT2D eigenvalue weighted by Gasteiger charge is 2.00. The Labute approximate surface area is 200 Å². The van der Waals surface area contributed by atoms with E-state index in [1.807, 2.05) is 0 Å². The molecular weight excluding hydrogens is 580 g/mol.